The maximum absolute atomic E-state index is 10.6. The third-order valence-electron chi connectivity index (χ3n) is 2.57. The van der Waals surface area contributed by atoms with E-state index >= 15 is 0 Å². The molecule has 5 heteroatoms. The van der Waals surface area contributed by atoms with E-state index in [-0.39, 0.29) is 6.10 Å². The number of carbonyl (C=O) groups excluding carboxylic acids is 1. The van der Waals surface area contributed by atoms with Crippen LogP contribution in [0.5, 0.6) is 0 Å². The topological polar surface area (TPSA) is 58.4 Å². The van der Waals surface area contributed by atoms with Crippen LogP contribution in [0.4, 0.5) is 5.95 Å². The highest BCUT2D eigenvalue weighted by Crippen LogP contribution is 2.18. The van der Waals surface area contributed by atoms with Crippen LogP contribution >= 0.6 is 0 Å². The van der Waals surface area contributed by atoms with Gasteiger partial charge in [0, 0.05) is 20.1 Å². The average molecular weight is 195 g/mol. The van der Waals surface area contributed by atoms with Crippen LogP contribution in [0.1, 0.15) is 16.9 Å². The molecule has 1 aliphatic heterocycles. The van der Waals surface area contributed by atoms with Gasteiger partial charge in [0.2, 0.25) is 5.95 Å². The normalized spacial score (nSPS) is 21.6. The first kappa shape index (κ1) is 9.21. The molecule has 1 aromatic heterocycles. The molecule has 2 rings (SSSR count). The molecule has 0 radical (unpaired) electrons. The van der Waals surface area contributed by atoms with Gasteiger partial charge < -0.3 is 14.6 Å². The molecular weight excluding hydrogens is 182 g/mol. The second-order valence-electron chi connectivity index (χ2n) is 3.55. The van der Waals surface area contributed by atoms with Crippen LogP contribution in [-0.2, 0) is 7.05 Å². The van der Waals surface area contributed by atoms with E-state index < -0.39 is 0 Å². The Morgan fingerprint density at radius 2 is 2.50 bits per heavy atom. The number of nitrogens with zero attached hydrogens (tertiary/aromatic N) is 3. The number of anilines is 1. The van der Waals surface area contributed by atoms with Gasteiger partial charge in [0.15, 0.2) is 6.29 Å². The largest absolute Gasteiger partial charge is 0.391 e. The number of aliphatic hydroxyl groups excluding tert-OH is 1. The number of aromatic nitrogens is 2. The van der Waals surface area contributed by atoms with Crippen molar-refractivity contribution in [2.45, 2.75) is 12.5 Å². The lowest BCUT2D eigenvalue weighted by molar-refractivity contribution is 0.111. The molecule has 0 amide bonds. The second kappa shape index (κ2) is 3.42. The first-order chi connectivity index (χ1) is 6.72. The van der Waals surface area contributed by atoms with E-state index in [9.17, 15) is 9.90 Å². The van der Waals surface area contributed by atoms with Crippen LogP contribution in [0.25, 0.3) is 0 Å². The highest BCUT2D eigenvalue weighted by atomic mass is 16.3. The summed E-state index contributed by atoms with van der Waals surface area (Å²) < 4.78 is 1.74. The van der Waals surface area contributed by atoms with Crippen molar-refractivity contribution < 1.29 is 9.90 Å². The van der Waals surface area contributed by atoms with Crippen molar-refractivity contribution in [2.24, 2.45) is 7.05 Å². The van der Waals surface area contributed by atoms with Gasteiger partial charge in [-0.1, -0.05) is 0 Å². The SMILES string of the molecule is Cn1c(C=O)cnc1N1CCC(O)C1. The van der Waals surface area contributed by atoms with Gasteiger partial charge in [-0.25, -0.2) is 4.98 Å². The maximum Gasteiger partial charge on any atom is 0.205 e. The van der Waals surface area contributed by atoms with E-state index in [1.54, 1.807) is 17.8 Å². The standard InChI is InChI=1S/C9H13N3O2/c1-11-7(6-13)4-10-9(11)12-3-2-8(14)5-12/h4,6,8,14H,2-3,5H2,1H3. The molecule has 1 atom stereocenters. The van der Waals surface area contributed by atoms with E-state index in [0.717, 1.165) is 25.2 Å². The summed E-state index contributed by atoms with van der Waals surface area (Å²) in [6.45, 7) is 1.40. The summed E-state index contributed by atoms with van der Waals surface area (Å²) in [5.74, 6) is 0.753. The number of aldehydes is 1. The number of hydrogen-bond acceptors (Lipinski definition) is 4. The quantitative estimate of drug-likeness (QED) is 0.664. The molecule has 0 bridgehead atoms. The lowest BCUT2D eigenvalue weighted by atomic mass is 10.3. The van der Waals surface area contributed by atoms with Crippen molar-refractivity contribution in [2.75, 3.05) is 18.0 Å². The predicted molar refractivity (Wildman–Crippen MR) is 51.4 cm³/mol. The summed E-state index contributed by atoms with van der Waals surface area (Å²) in [5.41, 5.74) is 0.557. The smallest absolute Gasteiger partial charge is 0.205 e. The van der Waals surface area contributed by atoms with Crippen molar-refractivity contribution >= 4 is 12.2 Å². The Kier molecular flexibility index (Phi) is 2.25. The Hall–Kier alpha value is -1.36. The van der Waals surface area contributed by atoms with Gasteiger partial charge in [-0.3, -0.25) is 4.79 Å². The first-order valence-electron chi connectivity index (χ1n) is 4.62. The average Bonchev–Trinajstić information content (AvgIpc) is 2.72. The van der Waals surface area contributed by atoms with Gasteiger partial charge in [-0.15, -0.1) is 0 Å². The third kappa shape index (κ3) is 1.39. The number of imidazole rings is 1. The fourth-order valence-electron chi connectivity index (χ4n) is 1.74. The molecule has 76 valence electrons. The van der Waals surface area contributed by atoms with Crippen molar-refractivity contribution in [1.29, 1.82) is 0 Å². The van der Waals surface area contributed by atoms with Crippen LogP contribution < -0.4 is 4.90 Å². The van der Waals surface area contributed by atoms with Crippen LogP contribution in [0.15, 0.2) is 6.20 Å². The van der Waals surface area contributed by atoms with Gasteiger partial charge in [-0.2, -0.15) is 0 Å². The zero-order valence-electron chi connectivity index (χ0n) is 8.05. The number of rotatable bonds is 2. The molecule has 1 fully saturated rings. The Morgan fingerprint density at radius 3 is 3.00 bits per heavy atom. The van der Waals surface area contributed by atoms with Crippen molar-refractivity contribution in [3.05, 3.63) is 11.9 Å². The molecule has 0 aliphatic carbocycles. The number of β-amino-alcohol motifs (C(OH)–C–C–N with tert-alkyl or cyclic N) is 1. The van der Waals surface area contributed by atoms with E-state index in [4.69, 9.17) is 0 Å². The number of carbonyl (C=O) groups is 1. The van der Waals surface area contributed by atoms with Gasteiger partial charge in [-0.05, 0) is 6.42 Å². The number of hydrogen-bond donors (Lipinski definition) is 1. The highest BCUT2D eigenvalue weighted by Gasteiger charge is 2.23. The zero-order valence-corrected chi connectivity index (χ0v) is 8.05. The summed E-state index contributed by atoms with van der Waals surface area (Å²) >= 11 is 0. The summed E-state index contributed by atoms with van der Waals surface area (Å²) in [5, 5.41) is 9.37. The Labute approximate surface area is 82.0 Å². The molecule has 1 aliphatic rings. The summed E-state index contributed by atoms with van der Waals surface area (Å²) in [6, 6.07) is 0. The van der Waals surface area contributed by atoms with Gasteiger partial charge in [0.25, 0.3) is 0 Å². The molecule has 14 heavy (non-hydrogen) atoms. The molecule has 5 nitrogen and oxygen atoms in total. The van der Waals surface area contributed by atoms with Crippen LogP contribution in [0, 0.1) is 0 Å². The summed E-state index contributed by atoms with van der Waals surface area (Å²) in [7, 11) is 1.80. The Balaban J connectivity index is 2.24. The maximum atomic E-state index is 10.6. The van der Waals surface area contributed by atoms with Crippen LogP contribution in [0.2, 0.25) is 0 Å². The van der Waals surface area contributed by atoms with E-state index in [1.807, 2.05) is 4.90 Å². The monoisotopic (exact) mass is 195 g/mol. The minimum atomic E-state index is -0.272. The van der Waals surface area contributed by atoms with Gasteiger partial charge >= 0.3 is 0 Å². The predicted octanol–water partition coefficient (Wildman–Crippen LogP) is -0.196. The molecule has 1 aromatic rings. The van der Waals surface area contributed by atoms with Crippen molar-refractivity contribution in [3.63, 3.8) is 0 Å². The Bertz CT molecular complexity index is 348. The van der Waals surface area contributed by atoms with Crippen LogP contribution in [0.3, 0.4) is 0 Å². The molecule has 1 unspecified atom stereocenters. The molecular formula is C9H13N3O2. The molecule has 0 aromatic carbocycles. The second-order valence-corrected chi connectivity index (χ2v) is 3.55. The molecule has 0 spiro atoms. The van der Waals surface area contributed by atoms with E-state index in [1.165, 1.54) is 0 Å². The fraction of sp³-hybridized carbons (Fsp3) is 0.556. The fourth-order valence-corrected chi connectivity index (χ4v) is 1.74. The molecule has 1 N–H and O–H groups in total. The number of aliphatic hydroxyl groups is 1. The third-order valence-corrected chi connectivity index (χ3v) is 2.57. The lowest BCUT2D eigenvalue weighted by Crippen LogP contribution is -2.24. The van der Waals surface area contributed by atoms with E-state index in [2.05, 4.69) is 4.98 Å². The van der Waals surface area contributed by atoms with Crippen LogP contribution in [-0.4, -0.2) is 40.1 Å². The molecule has 1 saturated heterocycles. The zero-order chi connectivity index (χ0) is 10.1. The van der Waals surface area contributed by atoms with E-state index in [0.29, 0.717) is 12.2 Å². The van der Waals surface area contributed by atoms with Crippen molar-refractivity contribution in [3.8, 4) is 0 Å². The lowest BCUT2D eigenvalue weighted by Gasteiger charge is -2.16. The van der Waals surface area contributed by atoms with Crippen molar-refractivity contribution in [1.82, 2.24) is 9.55 Å². The highest BCUT2D eigenvalue weighted by molar-refractivity contribution is 5.73. The minimum Gasteiger partial charge on any atom is -0.391 e. The summed E-state index contributed by atoms with van der Waals surface area (Å²) in [4.78, 5) is 16.7. The van der Waals surface area contributed by atoms with Gasteiger partial charge in [0.05, 0.1) is 12.3 Å². The summed E-state index contributed by atoms with van der Waals surface area (Å²) in [6.07, 6.45) is 2.82. The van der Waals surface area contributed by atoms with Gasteiger partial charge in [0.1, 0.15) is 5.69 Å². The first-order valence-corrected chi connectivity index (χ1v) is 4.62. The Morgan fingerprint density at radius 1 is 1.71 bits per heavy atom. The molecule has 0 saturated carbocycles. The minimum absolute atomic E-state index is 0.272. The molecule has 2 heterocycles.